The third-order valence-electron chi connectivity index (χ3n) is 7.13. The lowest BCUT2D eigenvalue weighted by molar-refractivity contribution is -0.127. The number of carbonyl (C=O) groups excluding carboxylic acids is 1. The summed E-state index contributed by atoms with van der Waals surface area (Å²) in [7, 11) is -3.57. The number of carboxylic acid groups (broad SMARTS) is 1. The van der Waals surface area contributed by atoms with Crippen molar-refractivity contribution in [1.82, 2.24) is 15.5 Å². The zero-order valence-electron chi connectivity index (χ0n) is 24.7. The Bertz CT molecular complexity index is 1490. The van der Waals surface area contributed by atoms with Gasteiger partial charge in [0, 0.05) is 32.0 Å². The Morgan fingerprint density at radius 1 is 0.909 bits per heavy atom. The topological polar surface area (TPSA) is 136 Å². The molecule has 0 radical (unpaired) electrons. The summed E-state index contributed by atoms with van der Waals surface area (Å²) in [5, 5.41) is 27.0. The minimum absolute atomic E-state index is 0.0141. The lowest BCUT2D eigenvalue weighted by Gasteiger charge is -2.32. The fourth-order valence-electron chi connectivity index (χ4n) is 4.86. The maximum Gasteiger partial charge on any atom is 0.408 e. The van der Waals surface area contributed by atoms with Gasteiger partial charge < -0.3 is 20.8 Å². The molecule has 0 saturated carbocycles. The summed E-state index contributed by atoms with van der Waals surface area (Å²) in [6.07, 6.45) is -1.39. The minimum Gasteiger partial charge on any atom is -0.465 e. The van der Waals surface area contributed by atoms with Crippen molar-refractivity contribution in [2.45, 2.75) is 57.5 Å². The second-order valence-electron chi connectivity index (χ2n) is 10.8. The number of halogens is 2. The number of aliphatic hydroxyl groups excluding tert-OH is 1. The number of sulfone groups is 1. The van der Waals surface area contributed by atoms with Crippen molar-refractivity contribution in [1.29, 1.82) is 0 Å². The van der Waals surface area contributed by atoms with E-state index in [4.69, 9.17) is 0 Å². The number of aryl methyl sites for hydroxylation is 1. The van der Waals surface area contributed by atoms with E-state index in [0.29, 0.717) is 18.2 Å². The molecule has 12 heteroatoms. The molecule has 3 aromatic carbocycles. The molecule has 0 aliphatic rings. The van der Waals surface area contributed by atoms with E-state index in [9.17, 15) is 37.0 Å². The van der Waals surface area contributed by atoms with Crippen LogP contribution in [0.15, 0.2) is 72.8 Å². The molecule has 0 aliphatic carbocycles. The third-order valence-corrected chi connectivity index (χ3v) is 8.11. The van der Waals surface area contributed by atoms with E-state index < -0.39 is 57.4 Å². The van der Waals surface area contributed by atoms with Gasteiger partial charge in [-0.15, -0.1) is 0 Å². The van der Waals surface area contributed by atoms with Crippen LogP contribution in [0.25, 0.3) is 0 Å². The predicted molar refractivity (Wildman–Crippen MR) is 164 cm³/mol. The van der Waals surface area contributed by atoms with Crippen molar-refractivity contribution in [3.8, 4) is 0 Å². The molecule has 3 rings (SSSR count). The van der Waals surface area contributed by atoms with Gasteiger partial charge in [0.15, 0.2) is 0 Å². The highest BCUT2D eigenvalue weighted by molar-refractivity contribution is 7.90. The molecule has 0 fully saturated rings. The molecule has 44 heavy (non-hydrogen) atoms. The van der Waals surface area contributed by atoms with Crippen LogP contribution in [0.1, 0.15) is 35.6 Å². The van der Waals surface area contributed by atoms with E-state index in [0.717, 1.165) is 40.8 Å². The fourth-order valence-corrected chi connectivity index (χ4v) is 5.51. The minimum atomic E-state index is -3.57. The number of nitrogens with one attached hydrogen (secondary N) is 2. The maximum absolute atomic E-state index is 14.0. The molecule has 3 aromatic rings. The summed E-state index contributed by atoms with van der Waals surface area (Å²) in [5.74, 6) is -2.98. The number of hydrogen-bond acceptors (Lipinski definition) is 6. The van der Waals surface area contributed by atoms with Gasteiger partial charge in [-0.25, -0.2) is 22.0 Å². The van der Waals surface area contributed by atoms with Crippen molar-refractivity contribution in [3.63, 3.8) is 0 Å². The lowest BCUT2D eigenvalue weighted by Crippen LogP contribution is -2.55. The van der Waals surface area contributed by atoms with Crippen molar-refractivity contribution in [3.05, 3.63) is 107 Å². The molecule has 0 aliphatic heterocycles. The summed E-state index contributed by atoms with van der Waals surface area (Å²) in [5.41, 5.74) is 2.86. The van der Waals surface area contributed by atoms with E-state index >= 15 is 0 Å². The van der Waals surface area contributed by atoms with Gasteiger partial charge in [0.2, 0.25) is 5.91 Å². The summed E-state index contributed by atoms with van der Waals surface area (Å²) in [6, 6.07) is 16.7. The molecule has 0 aromatic heterocycles. The van der Waals surface area contributed by atoms with Crippen LogP contribution < -0.4 is 10.6 Å². The average Bonchev–Trinajstić information content (AvgIpc) is 2.95. The number of benzene rings is 3. The molecule has 0 bridgehead atoms. The molecule has 9 nitrogen and oxygen atoms in total. The lowest BCUT2D eigenvalue weighted by atomic mass is 9.99. The number of rotatable bonds is 16. The number of carbonyl (C=O) groups is 2. The van der Waals surface area contributed by atoms with Gasteiger partial charge >= 0.3 is 6.09 Å². The molecule has 2 amide bonds. The Morgan fingerprint density at radius 3 is 2.16 bits per heavy atom. The summed E-state index contributed by atoms with van der Waals surface area (Å²) in [4.78, 5) is 26.9. The van der Waals surface area contributed by atoms with E-state index in [-0.39, 0.29) is 31.5 Å². The van der Waals surface area contributed by atoms with Crippen LogP contribution in [0.2, 0.25) is 0 Å². The highest BCUT2D eigenvalue weighted by Gasteiger charge is 2.33. The Balaban J connectivity index is 1.86. The summed E-state index contributed by atoms with van der Waals surface area (Å²) in [6.45, 7) is 2.23. The molecular formula is C32H39F2N3O6S. The first-order chi connectivity index (χ1) is 20.8. The van der Waals surface area contributed by atoms with Crippen molar-refractivity contribution < 1.29 is 37.0 Å². The first-order valence-electron chi connectivity index (χ1n) is 14.3. The average molecular weight is 632 g/mol. The smallest absolute Gasteiger partial charge is 0.408 e. The second-order valence-corrected chi connectivity index (χ2v) is 13.1. The third kappa shape index (κ3) is 11.3. The van der Waals surface area contributed by atoms with E-state index in [1.54, 1.807) is 30.3 Å². The van der Waals surface area contributed by atoms with Gasteiger partial charge in [-0.05, 0) is 53.6 Å². The first-order valence-corrected chi connectivity index (χ1v) is 16.3. The van der Waals surface area contributed by atoms with Crippen LogP contribution in [0.5, 0.6) is 0 Å². The number of aliphatic hydroxyl groups is 1. The van der Waals surface area contributed by atoms with Crippen molar-refractivity contribution in [2.75, 3.05) is 18.6 Å². The van der Waals surface area contributed by atoms with Crippen molar-refractivity contribution in [2.24, 2.45) is 0 Å². The van der Waals surface area contributed by atoms with Crippen LogP contribution >= 0.6 is 0 Å². The Kier molecular flexibility index (Phi) is 12.8. The fraction of sp³-hybridized carbons (Fsp3) is 0.375. The summed E-state index contributed by atoms with van der Waals surface area (Å²) >= 11 is 0. The SMILES string of the molecule is CCc1cccc(CNC[C@@H](O)[C@H](Cc2cc(F)cc(F)c2)NC(=O)[C@@H](CCS(C)(=O)=O)N(Cc2ccccc2)C(=O)O)c1. The highest BCUT2D eigenvalue weighted by atomic mass is 32.2. The highest BCUT2D eigenvalue weighted by Crippen LogP contribution is 2.16. The van der Waals surface area contributed by atoms with Crippen molar-refractivity contribution >= 4 is 21.8 Å². The quantitative estimate of drug-likeness (QED) is 0.189. The molecule has 0 unspecified atom stereocenters. The Labute approximate surface area is 256 Å². The maximum atomic E-state index is 14.0. The van der Waals surface area contributed by atoms with Gasteiger partial charge in [-0.1, -0.05) is 61.5 Å². The van der Waals surface area contributed by atoms with E-state index in [1.165, 1.54) is 0 Å². The standard InChI is InChI=1S/C32H39F2N3O6S/c1-3-22-10-7-11-24(14-22)19-35-20-30(38)28(17-25-15-26(33)18-27(34)16-25)36-31(39)29(12-13-44(2,42)43)37(32(40)41)21-23-8-5-4-6-9-23/h4-11,14-16,18,28-30,35,38H,3,12-13,17,19-21H2,1-2H3,(H,36,39)(H,40,41)/t28-,29+,30+/m0/s1. The van der Waals surface area contributed by atoms with Crippen LogP contribution in [-0.4, -0.2) is 72.3 Å². The van der Waals surface area contributed by atoms with Gasteiger partial charge in [0.05, 0.1) is 17.9 Å². The van der Waals surface area contributed by atoms with E-state index in [1.807, 2.05) is 31.2 Å². The molecular weight excluding hydrogens is 592 g/mol. The van der Waals surface area contributed by atoms with Crippen LogP contribution in [0.4, 0.5) is 13.6 Å². The van der Waals surface area contributed by atoms with Gasteiger partial charge in [0.1, 0.15) is 27.5 Å². The molecule has 0 spiro atoms. The molecule has 0 heterocycles. The monoisotopic (exact) mass is 631 g/mol. The van der Waals surface area contributed by atoms with Crippen LogP contribution in [0.3, 0.4) is 0 Å². The van der Waals surface area contributed by atoms with Crippen LogP contribution in [0, 0.1) is 11.6 Å². The zero-order valence-corrected chi connectivity index (χ0v) is 25.6. The first kappa shape index (κ1) is 34.6. The van der Waals surface area contributed by atoms with E-state index in [2.05, 4.69) is 10.6 Å². The molecule has 0 saturated heterocycles. The normalized spacial score (nSPS) is 13.6. The van der Waals surface area contributed by atoms with Gasteiger partial charge in [-0.3, -0.25) is 9.69 Å². The zero-order chi connectivity index (χ0) is 32.3. The van der Waals surface area contributed by atoms with Gasteiger partial charge in [0.25, 0.3) is 0 Å². The number of amides is 2. The summed E-state index contributed by atoms with van der Waals surface area (Å²) < 4.78 is 52.0. The van der Waals surface area contributed by atoms with Crippen LogP contribution in [-0.2, 0) is 40.6 Å². The number of nitrogens with zero attached hydrogens (tertiary/aromatic N) is 1. The molecule has 4 N–H and O–H groups in total. The Hall–Kier alpha value is -3.87. The molecule has 3 atom stereocenters. The second kappa shape index (κ2) is 16.3. The number of hydrogen-bond donors (Lipinski definition) is 4. The molecule has 238 valence electrons. The van der Waals surface area contributed by atoms with Gasteiger partial charge in [-0.2, -0.15) is 0 Å². The Morgan fingerprint density at radius 2 is 1.55 bits per heavy atom. The predicted octanol–water partition coefficient (Wildman–Crippen LogP) is 3.69. The largest absolute Gasteiger partial charge is 0.465 e.